The van der Waals surface area contributed by atoms with E-state index in [1.54, 1.807) is 0 Å². The molecular formula is C27H32N4O. The second kappa shape index (κ2) is 9.70. The number of benzene rings is 2. The molecule has 5 heteroatoms. The second-order valence-electron chi connectivity index (χ2n) is 9.00. The zero-order chi connectivity index (χ0) is 21.8. The summed E-state index contributed by atoms with van der Waals surface area (Å²) in [5, 5.41) is 5.59. The van der Waals surface area contributed by atoms with Gasteiger partial charge < -0.3 is 10.2 Å². The lowest BCUT2D eigenvalue weighted by molar-refractivity contribution is -0.116. The number of anilines is 2. The molecular weight excluding hydrogens is 396 g/mol. The number of hydrogen-bond donors (Lipinski definition) is 1. The smallest absolute Gasteiger partial charge is 0.225 e. The van der Waals surface area contributed by atoms with Crippen LogP contribution in [0.2, 0.25) is 0 Å². The highest BCUT2D eigenvalue weighted by Crippen LogP contribution is 2.27. The summed E-state index contributed by atoms with van der Waals surface area (Å²) in [4.78, 5) is 21.4. The quantitative estimate of drug-likeness (QED) is 0.557. The number of nitrogens with zero attached hydrogens (tertiary/aromatic N) is 3. The summed E-state index contributed by atoms with van der Waals surface area (Å²) in [7, 11) is 0. The van der Waals surface area contributed by atoms with Crippen LogP contribution in [0.3, 0.4) is 0 Å². The van der Waals surface area contributed by atoms with Crippen LogP contribution in [0, 0.1) is 0 Å². The predicted octanol–water partition coefficient (Wildman–Crippen LogP) is 4.65. The number of unbranched alkanes of at least 4 members (excludes halogenated alkanes) is 2. The number of rotatable bonds is 7. The van der Waals surface area contributed by atoms with E-state index in [1.165, 1.54) is 35.8 Å². The highest BCUT2D eigenvalue weighted by molar-refractivity contribution is 5.94. The van der Waals surface area contributed by atoms with Crippen LogP contribution in [0.25, 0.3) is 10.8 Å². The normalized spacial score (nSPS) is 16.8. The standard InChI is InChI=1S/C27H32N4O/c32-26-15-13-22-12-14-23(28-27(22)29-26)9-2-1-5-16-30-17-19-31(20-18-30)25-11-6-8-21-7-3-4-10-24(21)25/h3-4,6-8,10-12,14H,1-2,5,9,13,15-20H2,(H,28,29,32). The summed E-state index contributed by atoms with van der Waals surface area (Å²) in [5.74, 6) is 0.866. The van der Waals surface area contributed by atoms with Gasteiger partial charge in [-0.3, -0.25) is 9.69 Å². The maximum atomic E-state index is 11.6. The molecule has 2 aliphatic rings. The van der Waals surface area contributed by atoms with Crippen LogP contribution < -0.4 is 10.2 Å². The van der Waals surface area contributed by atoms with Crippen LogP contribution in [0.5, 0.6) is 0 Å². The van der Waals surface area contributed by atoms with E-state index in [0.29, 0.717) is 6.42 Å². The number of amides is 1. The van der Waals surface area contributed by atoms with Gasteiger partial charge in [-0.1, -0.05) is 48.9 Å². The minimum atomic E-state index is 0.0858. The number of carbonyl (C=O) groups is 1. The van der Waals surface area contributed by atoms with Crippen LogP contribution in [0.4, 0.5) is 11.5 Å². The first-order chi connectivity index (χ1) is 15.8. The molecule has 32 heavy (non-hydrogen) atoms. The van der Waals surface area contributed by atoms with E-state index in [0.717, 1.165) is 62.5 Å². The molecule has 166 valence electrons. The molecule has 0 aliphatic carbocycles. The van der Waals surface area contributed by atoms with Gasteiger partial charge in [0.15, 0.2) is 0 Å². The third kappa shape index (κ3) is 4.78. The molecule has 1 saturated heterocycles. The van der Waals surface area contributed by atoms with Crippen molar-refractivity contribution in [2.45, 2.75) is 38.5 Å². The van der Waals surface area contributed by atoms with Crippen molar-refractivity contribution in [3.8, 4) is 0 Å². The van der Waals surface area contributed by atoms with Gasteiger partial charge in [-0.05, 0) is 55.3 Å². The van der Waals surface area contributed by atoms with Crippen molar-refractivity contribution in [1.29, 1.82) is 0 Å². The number of aryl methyl sites for hydroxylation is 2. The molecule has 5 rings (SSSR count). The van der Waals surface area contributed by atoms with Gasteiger partial charge in [0.1, 0.15) is 5.82 Å². The van der Waals surface area contributed by atoms with Gasteiger partial charge in [0.05, 0.1) is 0 Å². The van der Waals surface area contributed by atoms with Crippen molar-refractivity contribution >= 4 is 28.2 Å². The van der Waals surface area contributed by atoms with Gasteiger partial charge in [0, 0.05) is 49.4 Å². The van der Waals surface area contributed by atoms with Crippen LogP contribution in [-0.4, -0.2) is 48.5 Å². The van der Waals surface area contributed by atoms with E-state index in [4.69, 9.17) is 0 Å². The van der Waals surface area contributed by atoms with E-state index >= 15 is 0 Å². The van der Waals surface area contributed by atoms with E-state index in [1.807, 2.05) is 0 Å². The van der Waals surface area contributed by atoms with Crippen molar-refractivity contribution in [1.82, 2.24) is 9.88 Å². The highest BCUT2D eigenvalue weighted by atomic mass is 16.1. The average Bonchev–Trinajstić information content (AvgIpc) is 2.83. The minimum absolute atomic E-state index is 0.0858. The fourth-order valence-electron chi connectivity index (χ4n) is 4.94. The number of nitrogens with one attached hydrogen (secondary N) is 1. The average molecular weight is 429 g/mol. The van der Waals surface area contributed by atoms with Crippen LogP contribution in [-0.2, 0) is 17.6 Å². The Kier molecular flexibility index (Phi) is 6.35. The molecule has 2 aliphatic heterocycles. The Hall–Kier alpha value is -2.92. The molecule has 0 saturated carbocycles. The Morgan fingerprint density at radius 1 is 0.844 bits per heavy atom. The van der Waals surface area contributed by atoms with Crippen LogP contribution in [0.15, 0.2) is 54.6 Å². The van der Waals surface area contributed by atoms with Gasteiger partial charge in [-0.15, -0.1) is 0 Å². The summed E-state index contributed by atoms with van der Waals surface area (Å²) < 4.78 is 0. The Morgan fingerprint density at radius 3 is 2.59 bits per heavy atom. The topological polar surface area (TPSA) is 48.5 Å². The maximum Gasteiger partial charge on any atom is 0.225 e. The van der Waals surface area contributed by atoms with Crippen LogP contribution in [0.1, 0.15) is 36.9 Å². The Balaban J connectivity index is 1.04. The summed E-state index contributed by atoms with van der Waals surface area (Å²) in [6.07, 6.45) is 5.96. The molecule has 0 unspecified atom stereocenters. The highest BCUT2D eigenvalue weighted by Gasteiger charge is 2.18. The van der Waals surface area contributed by atoms with E-state index in [-0.39, 0.29) is 5.91 Å². The van der Waals surface area contributed by atoms with Crippen molar-refractivity contribution in [3.63, 3.8) is 0 Å². The number of hydrogen-bond acceptors (Lipinski definition) is 4. The first kappa shape index (κ1) is 21.0. The number of piperazine rings is 1. The van der Waals surface area contributed by atoms with E-state index in [9.17, 15) is 4.79 Å². The van der Waals surface area contributed by atoms with Gasteiger partial charge in [0.25, 0.3) is 0 Å². The molecule has 1 aromatic heterocycles. The second-order valence-corrected chi connectivity index (χ2v) is 9.00. The lowest BCUT2D eigenvalue weighted by atomic mass is 10.0. The number of carbonyl (C=O) groups excluding carboxylic acids is 1. The van der Waals surface area contributed by atoms with E-state index < -0.39 is 0 Å². The van der Waals surface area contributed by atoms with E-state index in [2.05, 4.69) is 74.7 Å². The molecule has 1 fully saturated rings. The number of aromatic nitrogens is 1. The molecule has 2 aromatic carbocycles. The molecule has 1 N–H and O–H groups in total. The third-order valence-electron chi connectivity index (χ3n) is 6.80. The summed E-state index contributed by atoms with van der Waals surface area (Å²) in [5.41, 5.74) is 3.63. The Bertz CT molecular complexity index is 1080. The fraction of sp³-hybridized carbons (Fsp3) is 0.407. The third-order valence-corrected chi connectivity index (χ3v) is 6.80. The fourth-order valence-corrected chi connectivity index (χ4v) is 4.94. The first-order valence-electron chi connectivity index (χ1n) is 12.0. The summed E-state index contributed by atoms with van der Waals surface area (Å²) >= 11 is 0. The summed E-state index contributed by atoms with van der Waals surface area (Å²) in [6.45, 7) is 5.64. The molecule has 3 aromatic rings. The van der Waals surface area contributed by atoms with Gasteiger partial charge >= 0.3 is 0 Å². The molecule has 3 heterocycles. The zero-order valence-corrected chi connectivity index (χ0v) is 18.7. The maximum absolute atomic E-state index is 11.6. The lowest BCUT2D eigenvalue weighted by Gasteiger charge is -2.36. The minimum Gasteiger partial charge on any atom is -0.368 e. The monoisotopic (exact) mass is 428 g/mol. The molecule has 1 amide bonds. The van der Waals surface area contributed by atoms with Crippen molar-refractivity contribution in [2.75, 3.05) is 42.9 Å². The summed E-state index contributed by atoms with van der Waals surface area (Å²) in [6, 6.07) is 19.6. The Morgan fingerprint density at radius 2 is 1.69 bits per heavy atom. The Labute approximate surface area is 190 Å². The number of fused-ring (bicyclic) bond motifs is 2. The molecule has 5 nitrogen and oxygen atoms in total. The largest absolute Gasteiger partial charge is 0.368 e. The first-order valence-corrected chi connectivity index (χ1v) is 12.0. The SMILES string of the molecule is O=C1CCc2ccc(CCCCCN3CCN(c4cccc5ccccc45)CC3)nc2N1. The molecule has 0 radical (unpaired) electrons. The molecule has 0 spiro atoms. The number of pyridine rings is 1. The molecule has 0 atom stereocenters. The van der Waals surface area contributed by atoms with Gasteiger partial charge in [-0.25, -0.2) is 4.98 Å². The lowest BCUT2D eigenvalue weighted by Crippen LogP contribution is -2.46. The predicted molar refractivity (Wildman–Crippen MR) is 131 cm³/mol. The zero-order valence-electron chi connectivity index (χ0n) is 18.7. The van der Waals surface area contributed by atoms with Gasteiger partial charge in [0.2, 0.25) is 5.91 Å². The molecule has 0 bridgehead atoms. The van der Waals surface area contributed by atoms with Crippen molar-refractivity contribution in [2.24, 2.45) is 0 Å². The van der Waals surface area contributed by atoms with Crippen molar-refractivity contribution in [3.05, 3.63) is 65.9 Å². The van der Waals surface area contributed by atoms with Gasteiger partial charge in [-0.2, -0.15) is 0 Å². The van der Waals surface area contributed by atoms with Crippen LogP contribution >= 0.6 is 0 Å². The van der Waals surface area contributed by atoms with Crippen molar-refractivity contribution < 1.29 is 4.79 Å².